The molecule has 7 nitrogen and oxygen atoms in total. The molecule has 0 unspecified atom stereocenters. The van der Waals surface area contributed by atoms with Crippen LogP contribution < -0.4 is 5.32 Å². The molecule has 0 radical (unpaired) electrons. The Morgan fingerprint density at radius 1 is 1.55 bits per heavy atom. The Labute approximate surface area is 117 Å². The van der Waals surface area contributed by atoms with Crippen molar-refractivity contribution >= 4 is 27.6 Å². The largest absolute Gasteiger partial charge is 0.430 e. The molecule has 8 heteroatoms. The summed E-state index contributed by atoms with van der Waals surface area (Å²) in [5, 5.41) is 14.1. The summed E-state index contributed by atoms with van der Waals surface area (Å²) in [5.41, 5.74) is 0.735. The first-order chi connectivity index (χ1) is 9.63. The number of nitro groups is 1. The summed E-state index contributed by atoms with van der Waals surface area (Å²) >= 11 is 0. The average molecular weight is 295 g/mol. The molecule has 1 aliphatic heterocycles. The van der Waals surface area contributed by atoms with Crippen molar-refractivity contribution in [2.75, 3.05) is 18.8 Å². The lowest BCUT2D eigenvalue weighted by Crippen LogP contribution is -2.15. The minimum atomic E-state index is -1.31. The van der Waals surface area contributed by atoms with Gasteiger partial charge in [0.15, 0.2) is 5.58 Å². The molecular weight excluding hydrogens is 282 g/mol. The van der Waals surface area contributed by atoms with Gasteiger partial charge in [-0.1, -0.05) is 0 Å². The van der Waals surface area contributed by atoms with Gasteiger partial charge in [0.1, 0.15) is 16.3 Å². The van der Waals surface area contributed by atoms with E-state index in [0.29, 0.717) is 22.8 Å². The SMILES string of the molecule is O=[N+]([O-])c1ccc2oc([S@@](=O)C[C@@H]3CCNC3)nc2c1. The van der Waals surface area contributed by atoms with Gasteiger partial charge in [-0.2, -0.15) is 0 Å². The van der Waals surface area contributed by atoms with E-state index in [2.05, 4.69) is 10.3 Å². The fourth-order valence-corrected chi connectivity index (χ4v) is 3.49. The van der Waals surface area contributed by atoms with Crippen LogP contribution in [0.1, 0.15) is 6.42 Å². The Kier molecular flexibility index (Phi) is 3.49. The number of nitrogens with zero attached hydrogens (tertiary/aromatic N) is 2. The topological polar surface area (TPSA) is 98.3 Å². The average Bonchev–Trinajstić information content (AvgIpc) is 3.05. The summed E-state index contributed by atoms with van der Waals surface area (Å²) in [6.45, 7) is 1.80. The van der Waals surface area contributed by atoms with Crippen LogP contribution in [0, 0.1) is 16.0 Å². The molecule has 20 heavy (non-hydrogen) atoms. The normalized spacial score (nSPS) is 20.3. The zero-order chi connectivity index (χ0) is 14.1. The number of nitro benzene ring substituents is 1. The van der Waals surface area contributed by atoms with Crippen LogP contribution in [-0.2, 0) is 10.8 Å². The molecule has 0 spiro atoms. The quantitative estimate of drug-likeness (QED) is 0.677. The Morgan fingerprint density at radius 3 is 3.10 bits per heavy atom. The Hall–Kier alpha value is -1.80. The zero-order valence-electron chi connectivity index (χ0n) is 10.6. The van der Waals surface area contributed by atoms with E-state index in [4.69, 9.17) is 4.42 Å². The van der Waals surface area contributed by atoms with Crippen LogP contribution in [-0.4, -0.2) is 33.0 Å². The van der Waals surface area contributed by atoms with Crippen molar-refractivity contribution in [1.29, 1.82) is 0 Å². The summed E-state index contributed by atoms with van der Waals surface area (Å²) < 4.78 is 17.6. The minimum absolute atomic E-state index is 0.0527. The molecule has 1 aromatic heterocycles. The second-order valence-electron chi connectivity index (χ2n) is 4.76. The lowest BCUT2D eigenvalue weighted by atomic mass is 10.2. The maximum Gasteiger partial charge on any atom is 0.287 e. The predicted molar refractivity (Wildman–Crippen MR) is 72.9 cm³/mol. The molecule has 1 saturated heterocycles. The Balaban J connectivity index is 1.84. The van der Waals surface area contributed by atoms with Gasteiger partial charge < -0.3 is 9.73 Å². The molecule has 2 heterocycles. The zero-order valence-corrected chi connectivity index (χ0v) is 11.4. The first kappa shape index (κ1) is 13.2. The number of benzene rings is 1. The maximum absolute atomic E-state index is 12.2. The molecule has 1 N–H and O–H groups in total. The van der Waals surface area contributed by atoms with Crippen molar-refractivity contribution in [3.63, 3.8) is 0 Å². The van der Waals surface area contributed by atoms with Crippen LogP contribution in [0.4, 0.5) is 5.69 Å². The summed E-state index contributed by atoms with van der Waals surface area (Å²) in [5.74, 6) is 0.863. The Morgan fingerprint density at radius 2 is 2.40 bits per heavy atom. The van der Waals surface area contributed by atoms with E-state index in [1.165, 1.54) is 18.2 Å². The number of non-ortho nitro benzene ring substituents is 1. The molecule has 1 fully saturated rings. The smallest absolute Gasteiger partial charge is 0.287 e. The highest BCUT2D eigenvalue weighted by Gasteiger charge is 2.21. The molecule has 106 valence electrons. The van der Waals surface area contributed by atoms with Gasteiger partial charge in [-0.05, 0) is 31.5 Å². The molecule has 1 aromatic carbocycles. The third-order valence-corrected chi connectivity index (χ3v) is 4.64. The molecule has 0 saturated carbocycles. The van der Waals surface area contributed by atoms with Gasteiger partial charge in [0.25, 0.3) is 10.9 Å². The van der Waals surface area contributed by atoms with Crippen molar-refractivity contribution in [1.82, 2.24) is 10.3 Å². The minimum Gasteiger partial charge on any atom is -0.430 e. The second-order valence-corrected chi connectivity index (χ2v) is 6.13. The van der Waals surface area contributed by atoms with Gasteiger partial charge in [0.2, 0.25) is 0 Å². The van der Waals surface area contributed by atoms with Crippen molar-refractivity contribution in [2.24, 2.45) is 5.92 Å². The van der Waals surface area contributed by atoms with E-state index in [0.717, 1.165) is 19.5 Å². The third kappa shape index (κ3) is 2.56. The standard InChI is InChI=1S/C12H13N3O4S/c16-15(17)9-1-2-11-10(5-9)14-12(19-11)20(18)7-8-3-4-13-6-8/h1-2,5,8,13H,3-4,6-7H2/t8-,20+/m1/s1. The van der Waals surface area contributed by atoms with E-state index in [1.807, 2.05) is 0 Å². The van der Waals surface area contributed by atoms with E-state index in [1.54, 1.807) is 0 Å². The summed E-state index contributed by atoms with van der Waals surface area (Å²) in [7, 11) is -1.31. The number of aromatic nitrogens is 1. The number of hydrogen-bond donors (Lipinski definition) is 1. The van der Waals surface area contributed by atoms with Crippen molar-refractivity contribution < 1.29 is 13.5 Å². The van der Waals surface area contributed by atoms with E-state index >= 15 is 0 Å². The van der Waals surface area contributed by atoms with Crippen molar-refractivity contribution in [2.45, 2.75) is 11.6 Å². The third-order valence-electron chi connectivity index (χ3n) is 3.31. The van der Waals surface area contributed by atoms with E-state index in [9.17, 15) is 14.3 Å². The number of hydrogen-bond acceptors (Lipinski definition) is 6. The fourth-order valence-electron chi connectivity index (χ4n) is 2.25. The maximum atomic E-state index is 12.2. The molecule has 3 rings (SSSR count). The lowest BCUT2D eigenvalue weighted by Gasteiger charge is -2.04. The first-order valence-corrected chi connectivity index (χ1v) is 7.59. The summed E-state index contributed by atoms with van der Waals surface area (Å²) in [4.78, 5) is 14.3. The second kappa shape index (κ2) is 5.29. The fraction of sp³-hybridized carbons (Fsp3) is 0.417. The number of nitrogens with one attached hydrogen (secondary N) is 1. The van der Waals surface area contributed by atoms with Gasteiger partial charge in [-0.25, -0.2) is 9.19 Å². The molecular formula is C12H13N3O4S. The molecule has 0 amide bonds. The van der Waals surface area contributed by atoms with Crippen LogP contribution in [0.5, 0.6) is 0 Å². The van der Waals surface area contributed by atoms with Crippen LogP contribution in [0.15, 0.2) is 27.8 Å². The number of rotatable bonds is 4. The molecule has 2 atom stereocenters. The Bertz CT molecular complexity index is 678. The highest BCUT2D eigenvalue weighted by atomic mass is 32.2. The van der Waals surface area contributed by atoms with Crippen LogP contribution in [0.2, 0.25) is 0 Å². The molecule has 1 aliphatic rings. The monoisotopic (exact) mass is 295 g/mol. The van der Waals surface area contributed by atoms with Gasteiger partial charge >= 0.3 is 0 Å². The molecule has 0 aliphatic carbocycles. The van der Waals surface area contributed by atoms with Crippen LogP contribution in [0.25, 0.3) is 11.1 Å². The highest BCUT2D eigenvalue weighted by molar-refractivity contribution is 7.84. The summed E-state index contributed by atoms with van der Waals surface area (Å²) in [6.07, 6.45) is 0.997. The van der Waals surface area contributed by atoms with E-state index in [-0.39, 0.29) is 10.9 Å². The van der Waals surface area contributed by atoms with E-state index < -0.39 is 15.7 Å². The summed E-state index contributed by atoms with van der Waals surface area (Å²) in [6, 6.07) is 4.16. The first-order valence-electron chi connectivity index (χ1n) is 6.27. The predicted octanol–water partition coefficient (Wildman–Crippen LogP) is 1.45. The number of oxazole rings is 1. The molecule has 0 bridgehead atoms. The van der Waals surface area contributed by atoms with Gasteiger partial charge in [-0.3, -0.25) is 10.1 Å². The van der Waals surface area contributed by atoms with Crippen molar-refractivity contribution in [3.8, 4) is 0 Å². The number of fused-ring (bicyclic) bond motifs is 1. The van der Waals surface area contributed by atoms with Gasteiger partial charge in [-0.15, -0.1) is 0 Å². The van der Waals surface area contributed by atoms with Crippen LogP contribution >= 0.6 is 0 Å². The molecule has 2 aromatic rings. The lowest BCUT2D eigenvalue weighted by molar-refractivity contribution is -0.384. The van der Waals surface area contributed by atoms with Crippen LogP contribution in [0.3, 0.4) is 0 Å². The highest BCUT2D eigenvalue weighted by Crippen LogP contribution is 2.23. The van der Waals surface area contributed by atoms with Gasteiger partial charge in [0, 0.05) is 17.9 Å². The van der Waals surface area contributed by atoms with Gasteiger partial charge in [0.05, 0.1) is 4.92 Å². The van der Waals surface area contributed by atoms with Crippen molar-refractivity contribution in [3.05, 3.63) is 28.3 Å².